The van der Waals surface area contributed by atoms with Crippen LogP contribution in [0.1, 0.15) is 13.3 Å². The minimum absolute atomic E-state index is 0.0598. The van der Waals surface area contributed by atoms with Gasteiger partial charge in [0.1, 0.15) is 0 Å². The molecule has 0 aromatic heterocycles. The Kier molecular flexibility index (Phi) is 5.54. The Hall–Kier alpha value is -0.980. The Bertz CT molecular complexity index is 277. The molecule has 1 heterocycles. The molecule has 1 aliphatic heterocycles. The normalized spacial score (nSPS) is 20.7. The van der Waals surface area contributed by atoms with E-state index in [2.05, 4.69) is 4.90 Å². The van der Waals surface area contributed by atoms with E-state index in [1.54, 1.807) is 6.92 Å². The van der Waals surface area contributed by atoms with Gasteiger partial charge < -0.3 is 11.5 Å². The predicted octanol–water partition coefficient (Wildman–Crippen LogP) is -1.40. The number of carbonyl (C=O) groups excluding carboxylic acids is 2. The zero-order valence-corrected chi connectivity index (χ0v) is 10.4. The molecule has 1 saturated heterocycles. The number of hydrogen-bond donors (Lipinski definition) is 2. The summed E-state index contributed by atoms with van der Waals surface area (Å²) in [6.07, 6.45) is 0.340. The average Bonchev–Trinajstić information content (AvgIpc) is 2.51. The molecule has 2 amide bonds. The van der Waals surface area contributed by atoms with E-state index in [0.717, 1.165) is 13.1 Å². The fraction of sp³-hybridized carbons (Fsp3) is 0.818. The van der Waals surface area contributed by atoms with Crippen molar-refractivity contribution in [1.82, 2.24) is 9.80 Å². The lowest BCUT2D eigenvalue weighted by atomic mass is 10.1. The highest BCUT2D eigenvalue weighted by Crippen LogP contribution is 2.18. The highest BCUT2D eigenvalue weighted by atomic mass is 16.2. The van der Waals surface area contributed by atoms with Gasteiger partial charge >= 0.3 is 0 Å². The minimum Gasteiger partial charge on any atom is -0.329 e. The SMILES string of the molecule is CC1CC(=O)N(CCN(CCN)CCN)C1=O. The first kappa shape index (κ1) is 14.1. The first-order valence-corrected chi connectivity index (χ1v) is 6.06. The second-order valence-electron chi connectivity index (χ2n) is 4.41. The second-order valence-corrected chi connectivity index (χ2v) is 4.41. The molecular weight excluding hydrogens is 220 g/mol. The third-order valence-electron chi connectivity index (χ3n) is 3.00. The highest BCUT2D eigenvalue weighted by molar-refractivity contribution is 6.03. The number of imide groups is 1. The van der Waals surface area contributed by atoms with Gasteiger partial charge in [0.05, 0.1) is 0 Å². The van der Waals surface area contributed by atoms with Crippen LogP contribution < -0.4 is 11.5 Å². The average molecular weight is 242 g/mol. The third kappa shape index (κ3) is 3.76. The van der Waals surface area contributed by atoms with Gasteiger partial charge in [0.15, 0.2) is 0 Å². The molecule has 4 N–H and O–H groups in total. The van der Waals surface area contributed by atoms with Crippen molar-refractivity contribution in [2.24, 2.45) is 17.4 Å². The van der Waals surface area contributed by atoms with Crippen molar-refractivity contribution in [2.45, 2.75) is 13.3 Å². The van der Waals surface area contributed by atoms with E-state index in [4.69, 9.17) is 11.5 Å². The summed E-state index contributed by atoms with van der Waals surface area (Å²) in [7, 11) is 0. The summed E-state index contributed by atoms with van der Waals surface area (Å²) in [5.74, 6) is -0.293. The minimum atomic E-state index is -0.167. The Balaban J connectivity index is 2.42. The molecule has 17 heavy (non-hydrogen) atoms. The Morgan fingerprint density at radius 2 is 1.82 bits per heavy atom. The van der Waals surface area contributed by atoms with Gasteiger partial charge in [0, 0.05) is 51.6 Å². The van der Waals surface area contributed by atoms with Crippen LogP contribution >= 0.6 is 0 Å². The lowest BCUT2D eigenvalue weighted by molar-refractivity contribution is -0.139. The number of likely N-dealkylation sites (tertiary alicyclic amines) is 1. The summed E-state index contributed by atoms with van der Waals surface area (Å²) in [5.41, 5.74) is 11.0. The van der Waals surface area contributed by atoms with E-state index in [1.807, 2.05) is 0 Å². The van der Waals surface area contributed by atoms with E-state index in [-0.39, 0.29) is 17.7 Å². The van der Waals surface area contributed by atoms with Crippen molar-refractivity contribution in [2.75, 3.05) is 39.3 Å². The van der Waals surface area contributed by atoms with Crippen LogP contribution in [0.25, 0.3) is 0 Å². The molecule has 0 bridgehead atoms. The Morgan fingerprint density at radius 3 is 2.24 bits per heavy atom. The zero-order valence-electron chi connectivity index (χ0n) is 10.4. The second kappa shape index (κ2) is 6.68. The van der Waals surface area contributed by atoms with Gasteiger partial charge in [-0.2, -0.15) is 0 Å². The largest absolute Gasteiger partial charge is 0.329 e. The van der Waals surface area contributed by atoms with Crippen LogP contribution in [-0.2, 0) is 9.59 Å². The quantitative estimate of drug-likeness (QED) is 0.536. The van der Waals surface area contributed by atoms with Gasteiger partial charge in [-0.3, -0.25) is 19.4 Å². The first-order chi connectivity index (χ1) is 8.10. The van der Waals surface area contributed by atoms with Gasteiger partial charge in [-0.25, -0.2) is 0 Å². The fourth-order valence-electron chi connectivity index (χ4n) is 2.03. The van der Waals surface area contributed by atoms with Gasteiger partial charge in [0.25, 0.3) is 0 Å². The van der Waals surface area contributed by atoms with Gasteiger partial charge in [0.2, 0.25) is 11.8 Å². The molecule has 0 radical (unpaired) electrons. The number of carbonyl (C=O) groups is 2. The molecule has 1 fully saturated rings. The molecule has 0 aromatic carbocycles. The van der Waals surface area contributed by atoms with Gasteiger partial charge in [-0.15, -0.1) is 0 Å². The molecular formula is C11H22N4O2. The molecule has 1 atom stereocenters. The standard InChI is InChI=1S/C11H22N4O2/c1-9-8-10(16)15(11(9)17)7-6-14(4-2-12)5-3-13/h9H,2-8,12-13H2,1H3. The topological polar surface area (TPSA) is 92.7 Å². The van der Waals surface area contributed by atoms with E-state index in [0.29, 0.717) is 32.6 Å². The summed E-state index contributed by atoms with van der Waals surface area (Å²) in [4.78, 5) is 26.7. The van der Waals surface area contributed by atoms with E-state index in [9.17, 15) is 9.59 Å². The Morgan fingerprint density at radius 1 is 1.24 bits per heavy atom. The molecule has 1 aliphatic rings. The molecule has 98 valence electrons. The monoisotopic (exact) mass is 242 g/mol. The lowest BCUT2D eigenvalue weighted by Crippen LogP contribution is -2.41. The molecule has 1 rings (SSSR count). The summed E-state index contributed by atoms with van der Waals surface area (Å²) >= 11 is 0. The number of amides is 2. The van der Waals surface area contributed by atoms with Crippen molar-refractivity contribution in [3.05, 3.63) is 0 Å². The fourth-order valence-corrected chi connectivity index (χ4v) is 2.03. The van der Waals surface area contributed by atoms with E-state index in [1.165, 1.54) is 4.90 Å². The number of nitrogens with two attached hydrogens (primary N) is 2. The molecule has 6 nitrogen and oxygen atoms in total. The number of nitrogens with zero attached hydrogens (tertiary/aromatic N) is 2. The smallest absolute Gasteiger partial charge is 0.232 e. The van der Waals surface area contributed by atoms with Crippen molar-refractivity contribution in [1.29, 1.82) is 0 Å². The van der Waals surface area contributed by atoms with Crippen molar-refractivity contribution < 1.29 is 9.59 Å². The van der Waals surface area contributed by atoms with Gasteiger partial charge in [-0.1, -0.05) is 6.92 Å². The number of rotatable bonds is 7. The maximum atomic E-state index is 11.7. The van der Waals surface area contributed by atoms with Crippen LogP contribution in [0.4, 0.5) is 0 Å². The van der Waals surface area contributed by atoms with Gasteiger partial charge in [-0.05, 0) is 0 Å². The van der Waals surface area contributed by atoms with E-state index >= 15 is 0 Å². The van der Waals surface area contributed by atoms with E-state index < -0.39 is 0 Å². The molecule has 0 saturated carbocycles. The molecule has 0 aliphatic carbocycles. The predicted molar refractivity (Wildman–Crippen MR) is 65.0 cm³/mol. The summed E-state index contributed by atoms with van der Waals surface area (Å²) in [5, 5.41) is 0. The molecule has 0 aromatic rings. The van der Waals surface area contributed by atoms with Crippen molar-refractivity contribution in [3.8, 4) is 0 Å². The molecule has 1 unspecified atom stereocenters. The van der Waals surface area contributed by atoms with Crippen LogP contribution in [0.2, 0.25) is 0 Å². The Labute approximate surface area is 102 Å². The van der Waals surface area contributed by atoms with Crippen LogP contribution in [0.15, 0.2) is 0 Å². The van der Waals surface area contributed by atoms with Crippen molar-refractivity contribution >= 4 is 11.8 Å². The number of hydrogen-bond acceptors (Lipinski definition) is 5. The third-order valence-corrected chi connectivity index (χ3v) is 3.00. The summed E-state index contributed by atoms with van der Waals surface area (Å²) in [6.45, 7) is 5.47. The first-order valence-electron chi connectivity index (χ1n) is 6.06. The van der Waals surface area contributed by atoms with Crippen LogP contribution in [0, 0.1) is 5.92 Å². The summed E-state index contributed by atoms with van der Waals surface area (Å²) in [6, 6.07) is 0. The molecule has 6 heteroatoms. The molecule has 0 spiro atoms. The maximum absolute atomic E-state index is 11.7. The lowest BCUT2D eigenvalue weighted by Gasteiger charge is -2.23. The highest BCUT2D eigenvalue weighted by Gasteiger charge is 2.35. The summed E-state index contributed by atoms with van der Waals surface area (Å²) < 4.78 is 0. The van der Waals surface area contributed by atoms with Crippen LogP contribution in [-0.4, -0.2) is 60.9 Å². The van der Waals surface area contributed by atoms with Crippen LogP contribution in [0.3, 0.4) is 0 Å². The van der Waals surface area contributed by atoms with Crippen molar-refractivity contribution in [3.63, 3.8) is 0 Å². The zero-order chi connectivity index (χ0) is 12.8. The maximum Gasteiger partial charge on any atom is 0.232 e. The van der Waals surface area contributed by atoms with Crippen LogP contribution in [0.5, 0.6) is 0 Å².